The van der Waals surface area contributed by atoms with Gasteiger partial charge in [-0.05, 0) is 43.3 Å². The zero-order valence-corrected chi connectivity index (χ0v) is 12.9. The van der Waals surface area contributed by atoms with Crippen molar-refractivity contribution in [3.8, 4) is 6.07 Å². The molecule has 116 valence electrons. The maximum absolute atomic E-state index is 14.4. The average Bonchev–Trinajstić information content (AvgIpc) is 3.00. The van der Waals surface area contributed by atoms with Crippen LogP contribution >= 0.6 is 0 Å². The highest BCUT2D eigenvalue weighted by Gasteiger charge is 2.18. The second kappa shape index (κ2) is 6.64. The van der Waals surface area contributed by atoms with Gasteiger partial charge in [0.2, 0.25) is 0 Å². The molecule has 0 bridgehead atoms. The molecular weight excluding hydrogens is 289 g/mol. The fourth-order valence-electron chi connectivity index (χ4n) is 3.00. The van der Waals surface area contributed by atoms with E-state index < -0.39 is 0 Å². The highest BCUT2D eigenvalue weighted by molar-refractivity contribution is 5.87. The van der Waals surface area contributed by atoms with Gasteiger partial charge in [-0.25, -0.2) is 4.39 Å². The minimum atomic E-state index is -0.315. The van der Waals surface area contributed by atoms with Crippen molar-refractivity contribution in [3.63, 3.8) is 0 Å². The Labute approximate surface area is 134 Å². The molecule has 0 radical (unpaired) electrons. The number of aromatic amines is 1. The van der Waals surface area contributed by atoms with E-state index in [4.69, 9.17) is 0 Å². The summed E-state index contributed by atoms with van der Waals surface area (Å²) in [5.74, 6) is -0.228. The second-order valence-corrected chi connectivity index (χ2v) is 5.59. The quantitative estimate of drug-likeness (QED) is 0.750. The van der Waals surface area contributed by atoms with Crippen LogP contribution in [0.1, 0.15) is 29.0 Å². The fourth-order valence-corrected chi connectivity index (χ4v) is 3.00. The molecule has 0 aliphatic carbocycles. The predicted octanol–water partition coefficient (Wildman–Crippen LogP) is 3.92. The van der Waals surface area contributed by atoms with E-state index >= 15 is 0 Å². The number of aromatic nitrogens is 1. The number of nitriles is 1. The first kappa shape index (κ1) is 15.3. The highest BCUT2D eigenvalue weighted by Crippen LogP contribution is 2.32. The Bertz CT molecular complexity index is 846. The van der Waals surface area contributed by atoms with Gasteiger partial charge in [0.05, 0.1) is 11.1 Å². The summed E-state index contributed by atoms with van der Waals surface area (Å²) < 4.78 is 14.4. The Hall–Kier alpha value is -2.64. The third-order valence-corrected chi connectivity index (χ3v) is 4.17. The summed E-state index contributed by atoms with van der Waals surface area (Å²) in [4.78, 5) is 2.85. The van der Waals surface area contributed by atoms with Crippen molar-refractivity contribution in [2.75, 3.05) is 13.6 Å². The molecule has 0 fully saturated rings. The molecule has 2 aromatic carbocycles. The molecule has 0 saturated carbocycles. The van der Waals surface area contributed by atoms with Gasteiger partial charge in [0.1, 0.15) is 11.9 Å². The Morgan fingerprint density at radius 2 is 2.00 bits per heavy atom. The average molecular weight is 307 g/mol. The van der Waals surface area contributed by atoms with E-state index in [0.29, 0.717) is 16.5 Å². The van der Waals surface area contributed by atoms with E-state index in [2.05, 4.69) is 28.5 Å². The number of hydrogen-bond donors (Lipinski definition) is 2. The fraction of sp³-hybridized carbons (Fsp3) is 0.211. The standard InChI is InChI=1S/C19H18FN3/c1-22-8-7-16(13-5-3-2-4-6-13)14-9-17-15(11-21)12-23-19(17)18(20)10-14/h2-6,9-10,12,16,22-23H,7-8H2,1H3/t16-/m0/s1. The molecule has 0 amide bonds. The second-order valence-electron chi connectivity index (χ2n) is 5.59. The first-order chi connectivity index (χ1) is 11.2. The van der Waals surface area contributed by atoms with Crippen molar-refractivity contribution < 1.29 is 4.39 Å². The number of H-pyrrole nitrogens is 1. The minimum Gasteiger partial charge on any atom is -0.357 e. The zero-order chi connectivity index (χ0) is 16.2. The van der Waals surface area contributed by atoms with Gasteiger partial charge in [0, 0.05) is 17.5 Å². The lowest BCUT2D eigenvalue weighted by Crippen LogP contribution is -2.13. The number of nitrogens with one attached hydrogen (secondary N) is 2. The maximum atomic E-state index is 14.4. The largest absolute Gasteiger partial charge is 0.357 e. The van der Waals surface area contributed by atoms with Crippen LogP contribution in [0.3, 0.4) is 0 Å². The third kappa shape index (κ3) is 2.96. The van der Waals surface area contributed by atoms with E-state index in [1.165, 1.54) is 0 Å². The van der Waals surface area contributed by atoms with Crippen molar-refractivity contribution in [2.24, 2.45) is 0 Å². The Balaban J connectivity index is 2.12. The van der Waals surface area contributed by atoms with Gasteiger partial charge in [-0.1, -0.05) is 30.3 Å². The number of rotatable bonds is 5. The molecule has 0 spiro atoms. The Kier molecular flexibility index (Phi) is 4.40. The Morgan fingerprint density at radius 1 is 1.22 bits per heavy atom. The maximum Gasteiger partial charge on any atom is 0.147 e. The van der Waals surface area contributed by atoms with Gasteiger partial charge in [0.15, 0.2) is 0 Å². The molecular formula is C19H18FN3. The van der Waals surface area contributed by atoms with E-state index in [1.54, 1.807) is 12.3 Å². The highest BCUT2D eigenvalue weighted by atomic mass is 19.1. The number of fused-ring (bicyclic) bond motifs is 1. The topological polar surface area (TPSA) is 51.6 Å². The first-order valence-electron chi connectivity index (χ1n) is 7.64. The van der Waals surface area contributed by atoms with Gasteiger partial charge >= 0.3 is 0 Å². The first-order valence-corrected chi connectivity index (χ1v) is 7.64. The SMILES string of the molecule is CNCC[C@@H](c1ccccc1)c1cc(F)c2[nH]cc(C#N)c2c1. The Morgan fingerprint density at radius 3 is 2.70 bits per heavy atom. The number of hydrogen-bond acceptors (Lipinski definition) is 2. The lowest BCUT2D eigenvalue weighted by Gasteiger charge is -2.18. The molecule has 3 nitrogen and oxygen atoms in total. The van der Waals surface area contributed by atoms with Gasteiger partial charge in [-0.3, -0.25) is 0 Å². The molecule has 1 aromatic heterocycles. The summed E-state index contributed by atoms with van der Waals surface area (Å²) in [7, 11) is 1.91. The van der Waals surface area contributed by atoms with Crippen LogP contribution in [0, 0.1) is 17.1 Å². The van der Waals surface area contributed by atoms with Crippen LogP contribution in [0.5, 0.6) is 0 Å². The molecule has 0 saturated heterocycles. The van der Waals surface area contributed by atoms with Crippen molar-refractivity contribution >= 4 is 10.9 Å². The molecule has 3 aromatic rings. The summed E-state index contributed by atoms with van der Waals surface area (Å²) in [6, 6.07) is 15.7. The smallest absolute Gasteiger partial charge is 0.147 e. The van der Waals surface area contributed by atoms with Gasteiger partial charge in [0.25, 0.3) is 0 Å². The van der Waals surface area contributed by atoms with E-state index in [9.17, 15) is 9.65 Å². The van der Waals surface area contributed by atoms with Crippen molar-refractivity contribution in [2.45, 2.75) is 12.3 Å². The van der Waals surface area contributed by atoms with E-state index in [1.807, 2.05) is 31.3 Å². The van der Waals surface area contributed by atoms with Crippen molar-refractivity contribution in [1.82, 2.24) is 10.3 Å². The minimum absolute atomic E-state index is 0.0870. The van der Waals surface area contributed by atoms with E-state index in [0.717, 1.165) is 24.1 Å². The summed E-state index contributed by atoms with van der Waals surface area (Å²) in [5.41, 5.74) is 2.91. The van der Waals surface area contributed by atoms with Crippen LogP contribution in [0.4, 0.5) is 4.39 Å². The summed E-state index contributed by atoms with van der Waals surface area (Å²) in [6.45, 7) is 0.831. The zero-order valence-electron chi connectivity index (χ0n) is 12.9. The van der Waals surface area contributed by atoms with Crippen molar-refractivity contribution in [3.05, 3.63) is 71.2 Å². The van der Waals surface area contributed by atoms with Gasteiger partial charge < -0.3 is 10.3 Å². The molecule has 3 rings (SSSR count). The molecule has 2 N–H and O–H groups in total. The van der Waals surface area contributed by atoms with E-state index in [-0.39, 0.29) is 11.7 Å². The molecule has 0 aliphatic heterocycles. The van der Waals surface area contributed by atoms with Crippen molar-refractivity contribution in [1.29, 1.82) is 5.26 Å². The van der Waals surface area contributed by atoms with Gasteiger partial charge in [-0.15, -0.1) is 0 Å². The summed E-state index contributed by atoms with van der Waals surface area (Å²) in [6.07, 6.45) is 2.42. The lowest BCUT2D eigenvalue weighted by molar-refractivity contribution is 0.624. The molecule has 1 heterocycles. The van der Waals surface area contributed by atoms with Crippen LogP contribution in [0.25, 0.3) is 10.9 Å². The monoisotopic (exact) mass is 307 g/mol. The summed E-state index contributed by atoms with van der Waals surface area (Å²) >= 11 is 0. The molecule has 4 heteroatoms. The van der Waals surface area contributed by atoms with Crippen LogP contribution in [-0.2, 0) is 0 Å². The number of benzene rings is 2. The predicted molar refractivity (Wildman–Crippen MR) is 89.8 cm³/mol. The van der Waals surface area contributed by atoms with Crippen LogP contribution in [0.2, 0.25) is 0 Å². The molecule has 0 unspecified atom stereocenters. The normalized spacial score (nSPS) is 12.2. The number of nitrogens with zero attached hydrogens (tertiary/aromatic N) is 1. The summed E-state index contributed by atoms with van der Waals surface area (Å²) in [5, 5.41) is 13.0. The third-order valence-electron chi connectivity index (χ3n) is 4.17. The molecule has 1 atom stereocenters. The van der Waals surface area contributed by atoms with Crippen LogP contribution < -0.4 is 5.32 Å². The molecule has 0 aliphatic rings. The number of halogens is 1. The van der Waals surface area contributed by atoms with Crippen LogP contribution in [-0.4, -0.2) is 18.6 Å². The van der Waals surface area contributed by atoms with Crippen LogP contribution in [0.15, 0.2) is 48.7 Å². The molecule has 23 heavy (non-hydrogen) atoms. The van der Waals surface area contributed by atoms with Gasteiger partial charge in [-0.2, -0.15) is 5.26 Å². The lowest BCUT2D eigenvalue weighted by atomic mass is 9.87.